The quantitative estimate of drug-likeness (QED) is 0.674. The molecule has 1 heterocycles. The van der Waals surface area contributed by atoms with E-state index in [0.717, 1.165) is 15.6 Å². The second-order valence-corrected chi connectivity index (χ2v) is 5.14. The van der Waals surface area contributed by atoms with Crippen molar-refractivity contribution in [2.45, 2.75) is 0 Å². The first kappa shape index (κ1) is 12.4. The van der Waals surface area contributed by atoms with Gasteiger partial charge in [-0.3, -0.25) is 0 Å². The van der Waals surface area contributed by atoms with Crippen LogP contribution in [0.3, 0.4) is 0 Å². The minimum Gasteiger partial charge on any atom is -0.334 e. The van der Waals surface area contributed by atoms with Crippen molar-refractivity contribution >= 4 is 27.5 Å². The fourth-order valence-electron chi connectivity index (χ4n) is 1.72. The zero-order chi connectivity index (χ0) is 13.2. The number of hydrogen-bond acceptors (Lipinski definition) is 3. The molecule has 19 heavy (non-hydrogen) atoms. The number of rotatable bonds is 2. The Morgan fingerprint density at radius 1 is 0.947 bits per heavy atom. The summed E-state index contributed by atoms with van der Waals surface area (Å²) in [6.45, 7) is 0. The summed E-state index contributed by atoms with van der Waals surface area (Å²) in [4.78, 5) is 4.38. The van der Waals surface area contributed by atoms with Gasteiger partial charge in [-0.1, -0.05) is 41.0 Å². The third-order valence-corrected chi connectivity index (χ3v) is 3.67. The topological polar surface area (TPSA) is 38.9 Å². The number of halogens is 2. The summed E-state index contributed by atoms with van der Waals surface area (Å²) >= 11 is 9.57. The van der Waals surface area contributed by atoms with Crippen molar-refractivity contribution in [3.8, 4) is 22.8 Å². The Balaban J connectivity index is 2.06. The highest BCUT2D eigenvalue weighted by Gasteiger charge is 2.14. The minimum atomic E-state index is 0.461. The Bertz CT molecular complexity index is 667. The number of benzene rings is 2. The molecule has 0 amide bonds. The van der Waals surface area contributed by atoms with Crippen molar-refractivity contribution in [3.63, 3.8) is 0 Å². The molecule has 0 radical (unpaired) electrons. The molecule has 3 aromatic rings. The molecule has 0 saturated carbocycles. The zero-order valence-electron chi connectivity index (χ0n) is 9.68. The number of nitrogens with zero attached hydrogens (tertiary/aromatic N) is 2. The van der Waals surface area contributed by atoms with Gasteiger partial charge in [0, 0.05) is 10.0 Å². The summed E-state index contributed by atoms with van der Waals surface area (Å²) in [7, 11) is 0. The van der Waals surface area contributed by atoms with Crippen LogP contribution >= 0.6 is 27.5 Å². The van der Waals surface area contributed by atoms with Crippen LogP contribution in [0.2, 0.25) is 5.02 Å². The molecule has 0 fully saturated rings. The average molecular weight is 336 g/mol. The molecule has 1 aromatic heterocycles. The summed E-state index contributed by atoms with van der Waals surface area (Å²) in [5, 5.41) is 4.57. The van der Waals surface area contributed by atoms with E-state index >= 15 is 0 Å². The average Bonchev–Trinajstić information content (AvgIpc) is 2.89. The molecule has 0 aliphatic carbocycles. The maximum absolute atomic E-state index is 6.11. The molecule has 0 unspecified atom stereocenters. The third kappa shape index (κ3) is 2.41. The van der Waals surface area contributed by atoms with Gasteiger partial charge >= 0.3 is 0 Å². The highest BCUT2D eigenvalue weighted by Crippen LogP contribution is 2.30. The Hall–Kier alpha value is -1.65. The molecule has 0 aliphatic heterocycles. The van der Waals surface area contributed by atoms with Gasteiger partial charge in [0.05, 0.1) is 10.6 Å². The maximum atomic E-state index is 6.11. The fourth-order valence-corrected chi connectivity index (χ4v) is 2.39. The van der Waals surface area contributed by atoms with Crippen molar-refractivity contribution in [1.29, 1.82) is 0 Å². The van der Waals surface area contributed by atoms with Crippen LogP contribution in [0.1, 0.15) is 0 Å². The van der Waals surface area contributed by atoms with Gasteiger partial charge in [0.15, 0.2) is 0 Å². The zero-order valence-corrected chi connectivity index (χ0v) is 12.0. The van der Waals surface area contributed by atoms with E-state index in [1.54, 1.807) is 6.07 Å². The van der Waals surface area contributed by atoms with Gasteiger partial charge in [0.2, 0.25) is 5.82 Å². The highest BCUT2D eigenvalue weighted by atomic mass is 79.9. The van der Waals surface area contributed by atoms with Gasteiger partial charge in [-0.2, -0.15) is 4.98 Å². The molecule has 0 spiro atoms. The molecule has 3 rings (SSSR count). The SMILES string of the molecule is Clc1ccccc1-c1noc(-c2ccccc2Br)n1. The van der Waals surface area contributed by atoms with Gasteiger partial charge in [0.25, 0.3) is 5.89 Å². The first-order chi connectivity index (χ1) is 9.25. The summed E-state index contributed by atoms with van der Waals surface area (Å²) in [5.41, 5.74) is 1.61. The van der Waals surface area contributed by atoms with Crippen LogP contribution in [0.25, 0.3) is 22.8 Å². The second-order valence-electron chi connectivity index (χ2n) is 3.88. The Labute approximate surface area is 123 Å². The molecule has 3 nitrogen and oxygen atoms in total. The smallest absolute Gasteiger partial charge is 0.259 e. The molecular weight excluding hydrogens is 328 g/mol. The normalized spacial score (nSPS) is 10.6. The molecule has 0 N–H and O–H groups in total. The van der Waals surface area contributed by atoms with E-state index in [9.17, 15) is 0 Å². The van der Waals surface area contributed by atoms with E-state index in [4.69, 9.17) is 16.1 Å². The second kappa shape index (κ2) is 5.15. The van der Waals surface area contributed by atoms with E-state index < -0.39 is 0 Å². The van der Waals surface area contributed by atoms with E-state index in [-0.39, 0.29) is 0 Å². The first-order valence-electron chi connectivity index (χ1n) is 5.59. The molecular formula is C14H8BrClN2O. The highest BCUT2D eigenvalue weighted by molar-refractivity contribution is 9.10. The molecule has 94 valence electrons. The van der Waals surface area contributed by atoms with Crippen molar-refractivity contribution in [2.24, 2.45) is 0 Å². The molecule has 0 aliphatic rings. The van der Waals surface area contributed by atoms with Crippen LogP contribution in [0.15, 0.2) is 57.5 Å². The van der Waals surface area contributed by atoms with E-state index in [2.05, 4.69) is 26.1 Å². The van der Waals surface area contributed by atoms with E-state index in [1.807, 2.05) is 42.5 Å². The van der Waals surface area contributed by atoms with Gasteiger partial charge in [-0.25, -0.2) is 0 Å². The van der Waals surface area contributed by atoms with Crippen LogP contribution in [0.4, 0.5) is 0 Å². The summed E-state index contributed by atoms with van der Waals surface area (Å²) < 4.78 is 6.20. The van der Waals surface area contributed by atoms with Crippen molar-refractivity contribution in [1.82, 2.24) is 10.1 Å². The van der Waals surface area contributed by atoms with Crippen LogP contribution in [-0.4, -0.2) is 10.1 Å². The number of aromatic nitrogens is 2. The van der Waals surface area contributed by atoms with Gasteiger partial charge in [-0.05, 0) is 40.2 Å². The number of hydrogen-bond donors (Lipinski definition) is 0. The first-order valence-corrected chi connectivity index (χ1v) is 6.76. The molecule has 0 saturated heterocycles. The fraction of sp³-hybridized carbons (Fsp3) is 0. The largest absolute Gasteiger partial charge is 0.334 e. The predicted molar refractivity (Wildman–Crippen MR) is 77.9 cm³/mol. The lowest BCUT2D eigenvalue weighted by Gasteiger charge is -1.97. The Morgan fingerprint density at radius 2 is 1.63 bits per heavy atom. The minimum absolute atomic E-state index is 0.461. The molecule has 0 bridgehead atoms. The summed E-state index contributed by atoms with van der Waals surface area (Å²) in [6.07, 6.45) is 0. The Kier molecular flexibility index (Phi) is 3.36. The molecule has 2 aromatic carbocycles. The van der Waals surface area contributed by atoms with Gasteiger partial charge < -0.3 is 4.52 Å². The van der Waals surface area contributed by atoms with Crippen molar-refractivity contribution in [2.75, 3.05) is 0 Å². The Morgan fingerprint density at radius 3 is 2.37 bits per heavy atom. The summed E-state index contributed by atoms with van der Waals surface area (Å²) in [6, 6.07) is 15.1. The molecule has 0 atom stereocenters. The third-order valence-electron chi connectivity index (χ3n) is 2.65. The summed E-state index contributed by atoms with van der Waals surface area (Å²) in [5.74, 6) is 0.943. The van der Waals surface area contributed by atoms with Crippen LogP contribution in [0, 0.1) is 0 Å². The van der Waals surface area contributed by atoms with Gasteiger partial charge in [-0.15, -0.1) is 0 Å². The van der Waals surface area contributed by atoms with Crippen molar-refractivity contribution < 1.29 is 4.52 Å². The monoisotopic (exact) mass is 334 g/mol. The van der Waals surface area contributed by atoms with Gasteiger partial charge in [0.1, 0.15) is 0 Å². The lowest BCUT2D eigenvalue weighted by atomic mass is 10.2. The maximum Gasteiger partial charge on any atom is 0.259 e. The van der Waals surface area contributed by atoms with Crippen molar-refractivity contribution in [3.05, 3.63) is 58.0 Å². The van der Waals surface area contributed by atoms with E-state index in [1.165, 1.54) is 0 Å². The van der Waals surface area contributed by atoms with E-state index in [0.29, 0.717) is 16.7 Å². The van der Waals surface area contributed by atoms with Crippen LogP contribution in [-0.2, 0) is 0 Å². The standard InChI is InChI=1S/C14H8BrClN2O/c15-11-7-3-1-5-9(11)14-17-13(18-19-14)10-6-2-4-8-12(10)16/h1-8H. The predicted octanol–water partition coefficient (Wildman–Crippen LogP) is 4.82. The van der Waals surface area contributed by atoms with Crippen LogP contribution < -0.4 is 0 Å². The van der Waals surface area contributed by atoms with Crippen LogP contribution in [0.5, 0.6) is 0 Å². The lowest BCUT2D eigenvalue weighted by molar-refractivity contribution is 0.432. The lowest BCUT2D eigenvalue weighted by Crippen LogP contribution is -1.83. The molecule has 5 heteroatoms.